The van der Waals surface area contributed by atoms with E-state index >= 15 is 0 Å². The predicted octanol–water partition coefficient (Wildman–Crippen LogP) is 1.88. The lowest BCUT2D eigenvalue weighted by Gasteiger charge is -2.18. The van der Waals surface area contributed by atoms with E-state index in [2.05, 4.69) is 4.90 Å². The van der Waals surface area contributed by atoms with Crippen LogP contribution in [-0.4, -0.2) is 55.4 Å². The zero-order chi connectivity index (χ0) is 14.2. The molecule has 0 unspecified atom stereocenters. The summed E-state index contributed by atoms with van der Waals surface area (Å²) in [4.78, 5) is 13.1. The maximum atomic E-state index is 10.7. The van der Waals surface area contributed by atoms with Crippen LogP contribution >= 0.6 is 0 Å². The van der Waals surface area contributed by atoms with E-state index in [4.69, 9.17) is 14.6 Å². The molecule has 1 fully saturated rings. The molecule has 1 heterocycles. The van der Waals surface area contributed by atoms with Crippen LogP contribution in [0.4, 0.5) is 0 Å². The van der Waals surface area contributed by atoms with Gasteiger partial charge in [0.15, 0.2) is 0 Å². The lowest BCUT2D eigenvalue weighted by molar-refractivity contribution is 0.0697. The Morgan fingerprint density at radius 1 is 1.25 bits per heavy atom. The molecule has 0 saturated carbocycles. The van der Waals surface area contributed by atoms with Crippen LogP contribution in [0.15, 0.2) is 24.3 Å². The number of nitrogens with zero attached hydrogens (tertiary/aromatic N) is 1. The van der Waals surface area contributed by atoms with Crippen LogP contribution < -0.4 is 4.74 Å². The summed E-state index contributed by atoms with van der Waals surface area (Å²) in [6, 6.07) is 6.51. The second kappa shape index (κ2) is 7.87. The SMILES string of the molecule is O=C(O)c1ccc(OCCCN2CCCOCC2)cc1. The molecule has 5 heteroatoms. The topological polar surface area (TPSA) is 59.0 Å². The number of carboxylic acids is 1. The van der Waals surface area contributed by atoms with E-state index < -0.39 is 5.97 Å². The summed E-state index contributed by atoms with van der Waals surface area (Å²) in [5, 5.41) is 8.80. The van der Waals surface area contributed by atoms with Crippen molar-refractivity contribution >= 4 is 5.97 Å². The van der Waals surface area contributed by atoms with Crippen LogP contribution in [0.5, 0.6) is 5.75 Å². The van der Waals surface area contributed by atoms with Gasteiger partial charge in [-0.2, -0.15) is 0 Å². The summed E-state index contributed by atoms with van der Waals surface area (Å²) in [5.41, 5.74) is 0.280. The second-order valence-electron chi connectivity index (χ2n) is 4.84. The number of carboxylic acid groups (broad SMARTS) is 1. The molecular weight excluding hydrogens is 258 g/mol. The van der Waals surface area contributed by atoms with Gasteiger partial charge in [0.2, 0.25) is 0 Å². The van der Waals surface area contributed by atoms with Gasteiger partial charge in [-0.05, 0) is 37.1 Å². The fraction of sp³-hybridized carbons (Fsp3) is 0.533. The van der Waals surface area contributed by atoms with Gasteiger partial charge < -0.3 is 19.5 Å². The molecule has 1 N–H and O–H groups in total. The Morgan fingerprint density at radius 3 is 2.80 bits per heavy atom. The molecular formula is C15H21NO4. The molecule has 1 saturated heterocycles. The summed E-state index contributed by atoms with van der Waals surface area (Å²) in [7, 11) is 0. The number of hydrogen-bond donors (Lipinski definition) is 1. The molecule has 1 aliphatic heterocycles. The number of benzene rings is 1. The van der Waals surface area contributed by atoms with Crippen LogP contribution in [0, 0.1) is 0 Å². The lowest BCUT2D eigenvalue weighted by Crippen LogP contribution is -2.28. The first-order valence-electron chi connectivity index (χ1n) is 7.02. The van der Waals surface area contributed by atoms with Gasteiger partial charge >= 0.3 is 5.97 Å². The van der Waals surface area contributed by atoms with Gasteiger partial charge in [-0.15, -0.1) is 0 Å². The van der Waals surface area contributed by atoms with Gasteiger partial charge in [-0.3, -0.25) is 0 Å². The Hall–Kier alpha value is -1.59. The fourth-order valence-electron chi connectivity index (χ4n) is 2.19. The van der Waals surface area contributed by atoms with Crippen molar-refractivity contribution in [3.8, 4) is 5.75 Å². The highest BCUT2D eigenvalue weighted by atomic mass is 16.5. The third kappa shape index (κ3) is 4.83. The maximum absolute atomic E-state index is 10.7. The van der Waals surface area contributed by atoms with E-state index in [0.29, 0.717) is 12.4 Å². The van der Waals surface area contributed by atoms with Crippen LogP contribution in [-0.2, 0) is 4.74 Å². The normalized spacial score (nSPS) is 16.6. The minimum absolute atomic E-state index is 0.280. The average molecular weight is 279 g/mol. The van der Waals surface area contributed by atoms with Crippen LogP contribution in [0.3, 0.4) is 0 Å². The number of hydrogen-bond acceptors (Lipinski definition) is 4. The van der Waals surface area contributed by atoms with Crippen LogP contribution in [0.2, 0.25) is 0 Å². The molecule has 5 nitrogen and oxygen atoms in total. The van der Waals surface area contributed by atoms with Crippen molar-refractivity contribution in [1.82, 2.24) is 4.90 Å². The molecule has 0 radical (unpaired) electrons. The van der Waals surface area contributed by atoms with Crippen molar-refractivity contribution in [2.75, 3.05) is 39.5 Å². The first-order chi connectivity index (χ1) is 9.75. The molecule has 2 rings (SSSR count). The van der Waals surface area contributed by atoms with Crippen LogP contribution in [0.1, 0.15) is 23.2 Å². The lowest BCUT2D eigenvalue weighted by atomic mass is 10.2. The number of aromatic carboxylic acids is 1. The third-order valence-corrected chi connectivity index (χ3v) is 3.30. The van der Waals surface area contributed by atoms with Gasteiger partial charge in [-0.1, -0.05) is 0 Å². The molecule has 0 amide bonds. The third-order valence-electron chi connectivity index (χ3n) is 3.30. The van der Waals surface area contributed by atoms with Gasteiger partial charge in [0.25, 0.3) is 0 Å². The molecule has 1 aliphatic rings. The average Bonchev–Trinajstić information content (AvgIpc) is 2.73. The summed E-state index contributed by atoms with van der Waals surface area (Å²) in [5.74, 6) is -0.200. The summed E-state index contributed by atoms with van der Waals surface area (Å²) < 4.78 is 11.0. The Labute approximate surface area is 119 Å². The number of rotatable bonds is 6. The molecule has 20 heavy (non-hydrogen) atoms. The molecule has 0 aliphatic carbocycles. The van der Waals surface area contributed by atoms with E-state index in [1.165, 1.54) is 0 Å². The van der Waals surface area contributed by atoms with Crippen molar-refractivity contribution < 1.29 is 19.4 Å². The largest absolute Gasteiger partial charge is 0.494 e. The predicted molar refractivity (Wildman–Crippen MR) is 75.4 cm³/mol. The highest BCUT2D eigenvalue weighted by Gasteiger charge is 2.08. The maximum Gasteiger partial charge on any atom is 0.335 e. The smallest absolute Gasteiger partial charge is 0.335 e. The Morgan fingerprint density at radius 2 is 2.05 bits per heavy atom. The fourth-order valence-corrected chi connectivity index (χ4v) is 2.19. The Balaban J connectivity index is 1.66. The monoisotopic (exact) mass is 279 g/mol. The molecule has 0 spiro atoms. The molecule has 1 aromatic carbocycles. The van der Waals surface area contributed by atoms with Crippen molar-refractivity contribution in [2.45, 2.75) is 12.8 Å². The van der Waals surface area contributed by atoms with Crippen LogP contribution in [0.25, 0.3) is 0 Å². The van der Waals surface area contributed by atoms with Gasteiger partial charge in [-0.25, -0.2) is 4.79 Å². The minimum atomic E-state index is -0.917. The first kappa shape index (κ1) is 14.8. The summed E-state index contributed by atoms with van der Waals surface area (Å²) in [6.07, 6.45) is 2.05. The first-order valence-corrected chi connectivity index (χ1v) is 7.02. The second-order valence-corrected chi connectivity index (χ2v) is 4.84. The standard InChI is InChI=1S/C15H21NO4/c17-15(18)13-3-5-14(6-4-13)20-11-2-8-16-7-1-10-19-12-9-16/h3-6H,1-2,7-12H2,(H,17,18). The number of ether oxygens (including phenoxy) is 2. The zero-order valence-corrected chi connectivity index (χ0v) is 11.6. The molecule has 0 aromatic heterocycles. The van der Waals surface area contributed by atoms with Crippen molar-refractivity contribution in [2.24, 2.45) is 0 Å². The van der Waals surface area contributed by atoms with E-state index in [9.17, 15) is 4.79 Å². The Bertz CT molecular complexity index is 410. The minimum Gasteiger partial charge on any atom is -0.494 e. The van der Waals surface area contributed by atoms with Gasteiger partial charge in [0.1, 0.15) is 5.75 Å². The van der Waals surface area contributed by atoms with Crippen molar-refractivity contribution in [3.63, 3.8) is 0 Å². The van der Waals surface area contributed by atoms with E-state index in [-0.39, 0.29) is 5.56 Å². The summed E-state index contributed by atoms with van der Waals surface area (Å²) in [6.45, 7) is 5.42. The Kier molecular flexibility index (Phi) is 5.83. The molecule has 0 bridgehead atoms. The quantitative estimate of drug-likeness (QED) is 0.806. The number of carbonyl (C=O) groups is 1. The van der Waals surface area contributed by atoms with Gasteiger partial charge in [0.05, 0.1) is 18.8 Å². The van der Waals surface area contributed by atoms with E-state index in [1.54, 1.807) is 24.3 Å². The van der Waals surface area contributed by atoms with E-state index in [1.807, 2.05) is 0 Å². The molecule has 110 valence electrons. The highest BCUT2D eigenvalue weighted by molar-refractivity contribution is 5.87. The highest BCUT2D eigenvalue weighted by Crippen LogP contribution is 2.12. The molecule has 1 aromatic rings. The molecule has 0 atom stereocenters. The van der Waals surface area contributed by atoms with Crippen molar-refractivity contribution in [1.29, 1.82) is 0 Å². The zero-order valence-electron chi connectivity index (χ0n) is 11.6. The van der Waals surface area contributed by atoms with Gasteiger partial charge in [0, 0.05) is 26.2 Å². The van der Waals surface area contributed by atoms with Crippen molar-refractivity contribution in [3.05, 3.63) is 29.8 Å². The van der Waals surface area contributed by atoms with E-state index in [0.717, 1.165) is 45.7 Å². The summed E-state index contributed by atoms with van der Waals surface area (Å²) >= 11 is 0.